The number of furan rings is 1. The molecule has 0 aliphatic rings. The van der Waals surface area contributed by atoms with Crippen LogP contribution in [0.4, 0.5) is 0 Å². The molecular weight excluding hydrogens is 332 g/mol. The Kier molecular flexibility index (Phi) is 7.02. The van der Waals surface area contributed by atoms with E-state index in [1.807, 2.05) is 6.92 Å². The molecule has 0 bridgehead atoms. The largest absolute Gasteiger partial charge is 0.494 e. The molecular formula is C20H24N2O4. The molecule has 1 heterocycles. The van der Waals surface area contributed by atoms with Gasteiger partial charge in [-0.3, -0.25) is 20.4 Å². The molecule has 6 heteroatoms. The van der Waals surface area contributed by atoms with Crippen LogP contribution in [0.3, 0.4) is 0 Å². The molecule has 2 aromatic rings. The van der Waals surface area contributed by atoms with Crippen molar-refractivity contribution in [1.29, 1.82) is 0 Å². The fourth-order valence-corrected chi connectivity index (χ4v) is 2.05. The summed E-state index contributed by atoms with van der Waals surface area (Å²) in [7, 11) is 0. The number of carbonyl (C=O) groups is 2. The number of carbonyl (C=O) groups excluding carboxylic acids is 2. The molecule has 26 heavy (non-hydrogen) atoms. The van der Waals surface area contributed by atoms with Crippen molar-refractivity contribution in [3.63, 3.8) is 0 Å². The third-order valence-electron chi connectivity index (χ3n) is 3.54. The van der Waals surface area contributed by atoms with Crippen LogP contribution >= 0.6 is 0 Å². The maximum Gasteiger partial charge on any atom is 0.269 e. The Labute approximate surface area is 153 Å². The quantitative estimate of drug-likeness (QED) is 0.588. The van der Waals surface area contributed by atoms with Crippen LogP contribution in [-0.2, 0) is 4.79 Å². The first-order valence-electron chi connectivity index (χ1n) is 8.51. The van der Waals surface area contributed by atoms with Crippen molar-refractivity contribution in [1.82, 2.24) is 10.9 Å². The van der Waals surface area contributed by atoms with Gasteiger partial charge in [-0.25, -0.2) is 0 Å². The summed E-state index contributed by atoms with van der Waals surface area (Å²) in [4.78, 5) is 23.7. The smallest absolute Gasteiger partial charge is 0.269 e. The van der Waals surface area contributed by atoms with E-state index >= 15 is 0 Å². The fourth-order valence-electron chi connectivity index (χ4n) is 2.05. The van der Waals surface area contributed by atoms with E-state index < -0.39 is 11.8 Å². The van der Waals surface area contributed by atoms with Crippen molar-refractivity contribution in [3.8, 4) is 5.75 Å². The van der Waals surface area contributed by atoms with Gasteiger partial charge in [-0.1, -0.05) is 13.8 Å². The lowest BCUT2D eigenvalue weighted by atomic mass is 10.1. The summed E-state index contributed by atoms with van der Waals surface area (Å²) in [5.41, 5.74) is 5.10. The highest BCUT2D eigenvalue weighted by Crippen LogP contribution is 2.13. The predicted molar refractivity (Wildman–Crippen MR) is 99.5 cm³/mol. The topological polar surface area (TPSA) is 80.6 Å². The highest BCUT2D eigenvalue weighted by Gasteiger charge is 2.06. The molecule has 0 fully saturated rings. The Morgan fingerprint density at radius 3 is 2.46 bits per heavy atom. The zero-order valence-electron chi connectivity index (χ0n) is 15.2. The van der Waals surface area contributed by atoms with Gasteiger partial charge in [-0.15, -0.1) is 0 Å². The second-order valence-electron chi connectivity index (χ2n) is 6.28. The van der Waals surface area contributed by atoms with Crippen molar-refractivity contribution < 1.29 is 18.7 Å². The number of nitrogens with one attached hydrogen (secondary N) is 2. The Bertz CT molecular complexity index is 760. The van der Waals surface area contributed by atoms with Crippen LogP contribution in [0.25, 0.3) is 6.08 Å². The van der Waals surface area contributed by atoms with E-state index in [0.717, 1.165) is 12.2 Å². The van der Waals surface area contributed by atoms with Crippen LogP contribution in [0.15, 0.2) is 46.9 Å². The van der Waals surface area contributed by atoms with Crippen molar-refractivity contribution in [2.75, 3.05) is 6.61 Å². The van der Waals surface area contributed by atoms with E-state index in [4.69, 9.17) is 9.15 Å². The Morgan fingerprint density at radius 1 is 1.12 bits per heavy atom. The van der Waals surface area contributed by atoms with Gasteiger partial charge in [-0.05, 0) is 61.7 Å². The van der Waals surface area contributed by atoms with Crippen LogP contribution in [-0.4, -0.2) is 18.4 Å². The zero-order chi connectivity index (χ0) is 18.9. The number of hydrogen-bond donors (Lipinski definition) is 2. The molecule has 2 rings (SSSR count). The van der Waals surface area contributed by atoms with Crippen LogP contribution in [0, 0.1) is 12.8 Å². The van der Waals surface area contributed by atoms with Crippen LogP contribution in [0.5, 0.6) is 5.75 Å². The van der Waals surface area contributed by atoms with Gasteiger partial charge >= 0.3 is 0 Å². The highest BCUT2D eigenvalue weighted by molar-refractivity contribution is 5.97. The summed E-state index contributed by atoms with van der Waals surface area (Å²) in [6.07, 6.45) is 3.78. The molecule has 0 aliphatic heterocycles. The minimum absolute atomic E-state index is 0.408. The standard InChI is InChI=1S/C20H24N2O4/c1-14(2)12-13-25-17-8-5-16(6-9-17)20(24)22-21-19(23)11-10-18-7-4-15(3)26-18/h4-11,14H,12-13H2,1-3H3,(H,21,23)(H,22,24)/b11-10+. The third kappa shape index (κ3) is 6.47. The predicted octanol–water partition coefficient (Wildman–Crippen LogP) is 3.49. The van der Waals surface area contributed by atoms with Crippen LogP contribution < -0.4 is 15.6 Å². The summed E-state index contributed by atoms with van der Waals surface area (Å²) >= 11 is 0. The van der Waals surface area contributed by atoms with E-state index in [2.05, 4.69) is 24.7 Å². The Morgan fingerprint density at radius 2 is 1.85 bits per heavy atom. The van der Waals surface area contributed by atoms with Gasteiger partial charge in [0.05, 0.1) is 6.61 Å². The average molecular weight is 356 g/mol. The molecule has 2 amide bonds. The lowest BCUT2D eigenvalue weighted by Gasteiger charge is -2.09. The second kappa shape index (κ2) is 9.46. The van der Waals surface area contributed by atoms with Crippen molar-refractivity contribution >= 4 is 17.9 Å². The Balaban J connectivity index is 1.78. The number of aryl methyl sites for hydroxylation is 1. The van der Waals surface area contributed by atoms with E-state index in [9.17, 15) is 9.59 Å². The summed E-state index contributed by atoms with van der Waals surface area (Å²) in [6.45, 7) is 6.73. The van der Waals surface area contributed by atoms with E-state index in [1.54, 1.807) is 36.4 Å². The minimum Gasteiger partial charge on any atom is -0.494 e. The van der Waals surface area contributed by atoms with Gasteiger partial charge in [-0.2, -0.15) is 0 Å². The number of ether oxygens (including phenoxy) is 1. The molecule has 1 aromatic carbocycles. The molecule has 0 aliphatic carbocycles. The summed E-state index contributed by atoms with van der Waals surface area (Å²) in [5, 5.41) is 0. The molecule has 0 spiro atoms. The number of amides is 2. The van der Waals surface area contributed by atoms with Crippen LogP contribution in [0.2, 0.25) is 0 Å². The fraction of sp³-hybridized carbons (Fsp3) is 0.300. The molecule has 0 radical (unpaired) electrons. The normalized spacial score (nSPS) is 10.9. The van der Waals surface area contributed by atoms with Gasteiger partial charge in [0.15, 0.2) is 0 Å². The van der Waals surface area contributed by atoms with E-state index in [-0.39, 0.29) is 0 Å². The first-order valence-corrected chi connectivity index (χ1v) is 8.51. The minimum atomic E-state index is -0.457. The Hall–Kier alpha value is -3.02. The van der Waals surface area contributed by atoms with Gasteiger partial charge in [0, 0.05) is 11.6 Å². The van der Waals surface area contributed by atoms with E-state index in [0.29, 0.717) is 29.6 Å². The molecule has 6 nitrogen and oxygen atoms in total. The molecule has 1 aromatic heterocycles. The first-order chi connectivity index (χ1) is 12.4. The molecule has 0 saturated carbocycles. The molecule has 138 valence electrons. The molecule has 0 atom stereocenters. The van der Waals surface area contributed by atoms with Crippen molar-refractivity contribution in [3.05, 3.63) is 59.6 Å². The van der Waals surface area contributed by atoms with Gasteiger partial charge in [0.1, 0.15) is 17.3 Å². The van der Waals surface area contributed by atoms with Crippen LogP contribution in [0.1, 0.15) is 42.1 Å². The van der Waals surface area contributed by atoms with Crippen molar-refractivity contribution in [2.45, 2.75) is 27.2 Å². The number of benzene rings is 1. The highest BCUT2D eigenvalue weighted by atomic mass is 16.5. The lowest BCUT2D eigenvalue weighted by Crippen LogP contribution is -2.40. The number of hydrazine groups is 1. The first kappa shape index (κ1) is 19.3. The van der Waals surface area contributed by atoms with Gasteiger partial charge in [0.2, 0.25) is 0 Å². The van der Waals surface area contributed by atoms with Gasteiger partial charge in [0.25, 0.3) is 11.8 Å². The van der Waals surface area contributed by atoms with Crippen molar-refractivity contribution in [2.24, 2.45) is 5.92 Å². The zero-order valence-corrected chi connectivity index (χ0v) is 15.2. The maximum absolute atomic E-state index is 12.0. The SMILES string of the molecule is Cc1ccc(/C=C/C(=O)NNC(=O)c2ccc(OCCC(C)C)cc2)o1. The monoisotopic (exact) mass is 356 g/mol. The summed E-state index contributed by atoms with van der Waals surface area (Å²) in [6, 6.07) is 10.3. The average Bonchev–Trinajstić information content (AvgIpc) is 3.03. The maximum atomic E-state index is 12.0. The molecule has 0 saturated heterocycles. The summed E-state index contributed by atoms with van der Waals surface area (Å²) < 4.78 is 10.9. The van der Waals surface area contributed by atoms with E-state index in [1.165, 1.54) is 12.2 Å². The number of hydrogen-bond acceptors (Lipinski definition) is 4. The molecule has 2 N–H and O–H groups in total. The molecule has 0 unspecified atom stereocenters. The third-order valence-corrected chi connectivity index (χ3v) is 3.54. The second-order valence-corrected chi connectivity index (χ2v) is 6.28. The lowest BCUT2D eigenvalue weighted by molar-refractivity contribution is -0.117. The number of rotatable bonds is 7. The van der Waals surface area contributed by atoms with Gasteiger partial charge < -0.3 is 9.15 Å². The summed E-state index contributed by atoms with van der Waals surface area (Å²) in [5.74, 6) is 1.75.